The fourth-order valence-electron chi connectivity index (χ4n) is 3.25. The van der Waals surface area contributed by atoms with Gasteiger partial charge in [0.05, 0.1) is 17.8 Å². The molecule has 0 bridgehead atoms. The van der Waals surface area contributed by atoms with Crippen LogP contribution >= 0.6 is 0 Å². The van der Waals surface area contributed by atoms with E-state index in [-0.39, 0.29) is 11.8 Å². The molecule has 0 atom stereocenters. The van der Waals surface area contributed by atoms with E-state index in [0.717, 1.165) is 16.7 Å². The van der Waals surface area contributed by atoms with Gasteiger partial charge in [0.25, 0.3) is 11.8 Å². The molecule has 8 nitrogen and oxygen atoms in total. The minimum absolute atomic E-state index is 0.259. The second-order valence-corrected chi connectivity index (χ2v) is 7.28. The van der Waals surface area contributed by atoms with Gasteiger partial charge < -0.3 is 10.6 Å². The topological polar surface area (TPSA) is 102 Å². The zero-order valence-electron chi connectivity index (χ0n) is 17.5. The number of nitrogens with zero attached hydrogens (tertiary/aromatic N) is 4. The highest BCUT2D eigenvalue weighted by molar-refractivity contribution is 6.09. The normalized spacial score (nSPS) is 10.5. The van der Waals surface area contributed by atoms with Gasteiger partial charge in [-0.25, -0.2) is 9.67 Å². The highest BCUT2D eigenvalue weighted by atomic mass is 16.2. The molecule has 0 saturated heterocycles. The van der Waals surface area contributed by atoms with Gasteiger partial charge in [-0.05, 0) is 41.8 Å². The lowest BCUT2D eigenvalue weighted by atomic mass is 10.1. The number of nitrogens with one attached hydrogen (secondary N) is 2. The van der Waals surface area contributed by atoms with Gasteiger partial charge in [0.15, 0.2) is 0 Å². The maximum Gasteiger partial charge on any atom is 0.255 e. The van der Waals surface area contributed by atoms with Crippen molar-refractivity contribution in [2.45, 2.75) is 20.0 Å². The number of hydrogen-bond donors (Lipinski definition) is 2. The van der Waals surface area contributed by atoms with Crippen molar-refractivity contribution in [1.29, 1.82) is 0 Å². The first-order chi connectivity index (χ1) is 15.6. The summed E-state index contributed by atoms with van der Waals surface area (Å²) in [4.78, 5) is 33.3. The van der Waals surface area contributed by atoms with E-state index in [1.165, 1.54) is 6.33 Å². The van der Waals surface area contributed by atoms with Crippen LogP contribution in [-0.4, -0.2) is 31.6 Å². The van der Waals surface area contributed by atoms with E-state index in [4.69, 9.17) is 0 Å². The second-order valence-electron chi connectivity index (χ2n) is 7.28. The van der Waals surface area contributed by atoms with E-state index in [2.05, 4.69) is 25.7 Å². The van der Waals surface area contributed by atoms with Crippen molar-refractivity contribution >= 4 is 17.5 Å². The van der Waals surface area contributed by atoms with Gasteiger partial charge in [0.1, 0.15) is 12.7 Å². The maximum atomic E-state index is 12.9. The summed E-state index contributed by atoms with van der Waals surface area (Å²) in [5, 5.41) is 9.89. The third-order valence-corrected chi connectivity index (χ3v) is 4.99. The Balaban J connectivity index is 1.42. The summed E-state index contributed by atoms with van der Waals surface area (Å²) >= 11 is 0. The number of carbonyl (C=O) groups excluding carboxylic acids is 2. The number of carbonyl (C=O) groups is 2. The number of hydrogen-bond acceptors (Lipinski definition) is 5. The van der Waals surface area contributed by atoms with Gasteiger partial charge in [-0.2, -0.15) is 5.10 Å². The second kappa shape index (κ2) is 9.65. The van der Waals surface area contributed by atoms with Crippen LogP contribution in [0.4, 0.5) is 5.69 Å². The Bertz CT molecular complexity index is 1210. The van der Waals surface area contributed by atoms with E-state index in [1.807, 2.05) is 37.3 Å². The number of aromatic nitrogens is 4. The Hall–Kier alpha value is -4.33. The summed E-state index contributed by atoms with van der Waals surface area (Å²) in [6.07, 6.45) is 6.28. The molecule has 4 rings (SSSR count). The lowest BCUT2D eigenvalue weighted by Gasteiger charge is -2.14. The Labute approximate surface area is 185 Å². The van der Waals surface area contributed by atoms with Crippen molar-refractivity contribution in [2.24, 2.45) is 0 Å². The Morgan fingerprint density at radius 2 is 1.66 bits per heavy atom. The SMILES string of the molecule is Cc1cccc(C(=O)NCc2ccc(Cn3cncn3)cc2)c1NC(=O)c1ccncc1. The summed E-state index contributed by atoms with van der Waals surface area (Å²) in [7, 11) is 0. The highest BCUT2D eigenvalue weighted by Crippen LogP contribution is 2.21. The fraction of sp³-hybridized carbons (Fsp3) is 0.125. The Morgan fingerprint density at radius 1 is 0.906 bits per heavy atom. The largest absolute Gasteiger partial charge is 0.348 e. The number of amides is 2. The number of rotatable bonds is 7. The predicted molar refractivity (Wildman–Crippen MR) is 120 cm³/mol. The molecule has 4 aromatic rings. The minimum atomic E-state index is -0.293. The summed E-state index contributed by atoms with van der Waals surface area (Å²) in [5.74, 6) is -0.552. The molecule has 2 N–H and O–H groups in total. The molecule has 8 heteroatoms. The first kappa shape index (κ1) is 20.9. The van der Waals surface area contributed by atoms with Crippen molar-refractivity contribution in [1.82, 2.24) is 25.1 Å². The van der Waals surface area contributed by atoms with Gasteiger partial charge in [-0.1, -0.05) is 36.4 Å². The maximum absolute atomic E-state index is 12.9. The Kier molecular flexibility index (Phi) is 6.31. The van der Waals surface area contributed by atoms with Crippen LogP contribution in [0.15, 0.2) is 79.6 Å². The van der Waals surface area contributed by atoms with Gasteiger partial charge >= 0.3 is 0 Å². The fourth-order valence-corrected chi connectivity index (χ4v) is 3.25. The molecular formula is C24H22N6O2. The van der Waals surface area contributed by atoms with Gasteiger partial charge in [0.2, 0.25) is 0 Å². The standard InChI is InChI=1S/C24H22N6O2/c1-17-3-2-4-21(22(17)29-23(31)20-9-11-25-12-10-20)24(32)27-13-18-5-7-19(8-6-18)14-30-16-26-15-28-30/h2-12,15-16H,13-14H2,1H3,(H,27,32)(H,29,31). The average Bonchev–Trinajstić information content (AvgIpc) is 3.33. The van der Waals surface area contributed by atoms with Crippen LogP contribution < -0.4 is 10.6 Å². The summed E-state index contributed by atoms with van der Waals surface area (Å²) in [5.41, 5.74) is 4.24. The molecule has 0 spiro atoms. The Morgan fingerprint density at radius 3 is 2.38 bits per heavy atom. The minimum Gasteiger partial charge on any atom is -0.348 e. The van der Waals surface area contributed by atoms with E-state index in [0.29, 0.717) is 29.9 Å². The predicted octanol–water partition coefficient (Wildman–Crippen LogP) is 3.21. The summed E-state index contributed by atoms with van der Waals surface area (Å²) in [6.45, 7) is 2.86. The van der Waals surface area contributed by atoms with Crippen molar-refractivity contribution in [2.75, 3.05) is 5.32 Å². The lowest BCUT2D eigenvalue weighted by molar-refractivity contribution is 0.0951. The quantitative estimate of drug-likeness (QED) is 0.472. The summed E-state index contributed by atoms with van der Waals surface area (Å²) in [6, 6.07) is 16.5. The van der Waals surface area contributed by atoms with Crippen molar-refractivity contribution in [3.05, 3.63) is 107 Å². The van der Waals surface area contributed by atoms with Crippen molar-refractivity contribution in [3.63, 3.8) is 0 Å². The molecule has 2 heterocycles. The zero-order chi connectivity index (χ0) is 22.3. The first-order valence-electron chi connectivity index (χ1n) is 10.1. The smallest absolute Gasteiger partial charge is 0.255 e. The van der Waals surface area contributed by atoms with Crippen molar-refractivity contribution in [3.8, 4) is 0 Å². The molecule has 2 amide bonds. The van der Waals surface area contributed by atoms with Crippen LogP contribution in [0, 0.1) is 6.92 Å². The molecule has 2 aromatic heterocycles. The van der Waals surface area contributed by atoms with Crippen molar-refractivity contribution < 1.29 is 9.59 Å². The lowest BCUT2D eigenvalue weighted by Crippen LogP contribution is -2.25. The molecule has 0 aliphatic heterocycles. The van der Waals surface area contributed by atoms with E-state index in [1.54, 1.807) is 47.7 Å². The number of anilines is 1. The number of aryl methyl sites for hydroxylation is 1. The molecular weight excluding hydrogens is 404 g/mol. The van der Waals surface area contributed by atoms with Crippen LogP contribution in [0.3, 0.4) is 0 Å². The van der Waals surface area contributed by atoms with Gasteiger partial charge in [0, 0.05) is 24.5 Å². The number of pyridine rings is 1. The van der Waals surface area contributed by atoms with E-state index >= 15 is 0 Å². The third kappa shape index (κ3) is 5.04. The van der Waals surface area contributed by atoms with Crippen LogP contribution in [0.1, 0.15) is 37.4 Å². The molecule has 0 radical (unpaired) electrons. The van der Waals surface area contributed by atoms with E-state index in [9.17, 15) is 9.59 Å². The molecule has 32 heavy (non-hydrogen) atoms. The summed E-state index contributed by atoms with van der Waals surface area (Å²) < 4.78 is 1.75. The first-order valence-corrected chi connectivity index (χ1v) is 10.1. The van der Waals surface area contributed by atoms with Crippen LogP contribution in [0.2, 0.25) is 0 Å². The van der Waals surface area contributed by atoms with Gasteiger partial charge in [-0.15, -0.1) is 0 Å². The van der Waals surface area contributed by atoms with Gasteiger partial charge in [-0.3, -0.25) is 14.6 Å². The molecule has 160 valence electrons. The number of para-hydroxylation sites is 1. The van der Waals surface area contributed by atoms with Crippen LogP contribution in [0.5, 0.6) is 0 Å². The van der Waals surface area contributed by atoms with E-state index < -0.39 is 0 Å². The highest BCUT2D eigenvalue weighted by Gasteiger charge is 2.16. The molecule has 0 aliphatic rings. The zero-order valence-corrected chi connectivity index (χ0v) is 17.5. The monoisotopic (exact) mass is 426 g/mol. The van der Waals surface area contributed by atoms with Crippen LogP contribution in [0.25, 0.3) is 0 Å². The molecule has 0 aliphatic carbocycles. The number of benzene rings is 2. The molecule has 0 saturated carbocycles. The molecule has 0 unspecified atom stereocenters. The third-order valence-electron chi connectivity index (χ3n) is 4.99. The average molecular weight is 426 g/mol. The van der Waals surface area contributed by atoms with Crippen LogP contribution in [-0.2, 0) is 13.1 Å². The molecule has 2 aromatic carbocycles. The molecule has 0 fully saturated rings.